The molecular formula is C13H18N2O. The lowest BCUT2D eigenvalue weighted by molar-refractivity contribution is -0.118. The van der Waals surface area contributed by atoms with Crippen molar-refractivity contribution >= 4 is 17.7 Å². The Balaban J connectivity index is 2.50. The molecule has 0 fully saturated rings. The molecule has 1 rings (SSSR count). The Morgan fingerprint density at radius 3 is 2.94 bits per heavy atom. The molecular weight excluding hydrogens is 200 g/mol. The fraction of sp³-hybridized carbons (Fsp3) is 0.308. The van der Waals surface area contributed by atoms with Crippen molar-refractivity contribution in [1.29, 1.82) is 0 Å². The molecule has 3 N–H and O–H groups in total. The van der Waals surface area contributed by atoms with E-state index in [2.05, 4.69) is 5.32 Å². The predicted octanol–water partition coefficient (Wildman–Crippen LogP) is 2.12. The highest BCUT2D eigenvalue weighted by molar-refractivity contribution is 5.72. The number of para-hydroxylation sites is 1. The van der Waals surface area contributed by atoms with E-state index in [0.717, 1.165) is 23.2 Å². The van der Waals surface area contributed by atoms with Gasteiger partial charge in [0, 0.05) is 19.2 Å². The second-order valence-electron chi connectivity index (χ2n) is 3.75. The molecule has 1 aromatic rings. The Morgan fingerprint density at radius 2 is 2.25 bits per heavy atom. The van der Waals surface area contributed by atoms with Crippen LogP contribution >= 0.6 is 0 Å². The summed E-state index contributed by atoms with van der Waals surface area (Å²) in [5.74, 6) is 0.00321. The number of hydrogen-bond donors (Lipinski definition) is 2. The summed E-state index contributed by atoms with van der Waals surface area (Å²) in [5.41, 5.74) is 8.86. The molecule has 3 heteroatoms. The van der Waals surface area contributed by atoms with E-state index in [4.69, 9.17) is 5.73 Å². The van der Waals surface area contributed by atoms with Gasteiger partial charge in [-0.15, -0.1) is 0 Å². The third kappa shape index (κ3) is 3.77. The van der Waals surface area contributed by atoms with E-state index in [0.29, 0.717) is 6.54 Å². The number of nitrogens with one attached hydrogen (secondary N) is 1. The van der Waals surface area contributed by atoms with Crippen molar-refractivity contribution in [1.82, 2.24) is 5.32 Å². The van der Waals surface area contributed by atoms with Crippen LogP contribution in [0.15, 0.2) is 24.3 Å². The quantitative estimate of drug-likeness (QED) is 0.600. The molecule has 0 saturated carbocycles. The molecule has 0 aliphatic heterocycles. The van der Waals surface area contributed by atoms with Crippen LogP contribution < -0.4 is 11.1 Å². The zero-order valence-electron chi connectivity index (χ0n) is 9.79. The Bertz CT molecular complexity index is 397. The number of nitrogen functional groups attached to an aromatic ring is 1. The van der Waals surface area contributed by atoms with Gasteiger partial charge in [0.15, 0.2) is 0 Å². The van der Waals surface area contributed by atoms with E-state index in [-0.39, 0.29) is 5.91 Å². The molecule has 0 spiro atoms. The summed E-state index contributed by atoms with van der Waals surface area (Å²) >= 11 is 0. The van der Waals surface area contributed by atoms with Crippen molar-refractivity contribution < 1.29 is 4.79 Å². The number of benzene rings is 1. The van der Waals surface area contributed by atoms with Gasteiger partial charge in [0.2, 0.25) is 5.91 Å². The van der Waals surface area contributed by atoms with Crippen LogP contribution in [0, 0.1) is 6.92 Å². The smallest absolute Gasteiger partial charge is 0.216 e. The minimum Gasteiger partial charge on any atom is -0.398 e. The van der Waals surface area contributed by atoms with Gasteiger partial charge in [-0.25, -0.2) is 0 Å². The van der Waals surface area contributed by atoms with Crippen molar-refractivity contribution in [2.24, 2.45) is 0 Å². The number of nitrogens with two attached hydrogens (primary N) is 1. The minimum absolute atomic E-state index is 0.00321. The highest BCUT2D eigenvalue weighted by Gasteiger charge is 1.96. The van der Waals surface area contributed by atoms with E-state index in [1.807, 2.05) is 37.3 Å². The van der Waals surface area contributed by atoms with Crippen LogP contribution in [0.25, 0.3) is 6.08 Å². The maximum absolute atomic E-state index is 10.6. The largest absolute Gasteiger partial charge is 0.398 e. The summed E-state index contributed by atoms with van der Waals surface area (Å²) in [5, 5.41) is 2.74. The van der Waals surface area contributed by atoms with Crippen LogP contribution in [0.3, 0.4) is 0 Å². The van der Waals surface area contributed by atoms with Crippen molar-refractivity contribution in [3.63, 3.8) is 0 Å². The Hall–Kier alpha value is -1.77. The molecule has 1 amide bonds. The van der Waals surface area contributed by atoms with Crippen LogP contribution in [0.1, 0.15) is 24.5 Å². The van der Waals surface area contributed by atoms with Crippen molar-refractivity contribution in [3.05, 3.63) is 35.4 Å². The number of amides is 1. The van der Waals surface area contributed by atoms with Gasteiger partial charge in [-0.1, -0.05) is 30.4 Å². The summed E-state index contributed by atoms with van der Waals surface area (Å²) in [4.78, 5) is 10.6. The first-order chi connectivity index (χ1) is 7.61. The summed E-state index contributed by atoms with van der Waals surface area (Å²) in [6.45, 7) is 4.17. The highest BCUT2D eigenvalue weighted by Crippen LogP contribution is 2.17. The van der Waals surface area contributed by atoms with Crippen molar-refractivity contribution in [2.45, 2.75) is 20.3 Å². The average Bonchev–Trinajstić information content (AvgIpc) is 2.23. The first kappa shape index (κ1) is 12.3. The number of rotatable bonds is 4. The number of anilines is 1. The third-order valence-corrected chi connectivity index (χ3v) is 2.34. The molecule has 0 aromatic heterocycles. The second-order valence-corrected chi connectivity index (χ2v) is 3.75. The molecule has 0 unspecified atom stereocenters. The van der Waals surface area contributed by atoms with Gasteiger partial charge in [-0.2, -0.15) is 0 Å². The molecule has 0 saturated heterocycles. The lowest BCUT2D eigenvalue weighted by Gasteiger charge is -2.03. The van der Waals surface area contributed by atoms with Crippen molar-refractivity contribution in [3.8, 4) is 0 Å². The van der Waals surface area contributed by atoms with Gasteiger partial charge < -0.3 is 11.1 Å². The summed E-state index contributed by atoms with van der Waals surface area (Å²) in [6.07, 6.45) is 4.82. The van der Waals surface area contributed by atoms with Crippen molar-refractivity contribution in [2.75, 3.05) is 12.3 Å². The molecule has 16 heavy (non-hydrogen) atoms. The van der Waals surface area contributed by atoms with E-state index in [1.54, 1.807) is 0 Å². The lowest BCUT2D eigenvalue weighted by atomic mass is 10.1. The van der Waals surface area contributed by atoms with Crippen LogP contribution in [-0.4, -0.2) is 12.5 Å². The zero-order valence-corrected chi connectivity index (χ0v) is 9.79. The van der Waals surface area contributed by atoms with E-state index in [9.17, 15) is 4.79 Å². The van der Waals surface area contributed by atoms with Crippen LogP contribution in [-0.2, 0) is 4.79 Å². The number of hydrogen-bond acceptors (Lipinski definition) is 2. The zero-order chi connectivity index (χ0) is 12.0. The fourth-order valence-corrected chi connectivity index (χ4v) is 1.39. The number of carbonyl (C=O) groups excluding carboxylic acids is 1. The Kier molecular flexibility index (Phi) is 4.58. The Labute approximate surface area is 96.3 Å². The van der Waals surface area contributed by atoms with Crippen LogP contribution in [0.5, 0.6) is 0 Å². The van der Waals surface area contributed by atoms with E-state index in [1.165, 1.54) is 6.92 Å². The molecule has 0 atom stereocenters. The van der Waals surface area contributed by atoms with Crippen LogP contribution in [0.4, 0.5) is 5.69 Å². The summed E-state index contributed by atoms with van der Waals surface area (Å²) in [7, 11) is 0. The van der Waals surface area contributed by atoms with E-state index < -0.39 is 0 Å². The monoisotopic (exact) mass is 218 g/mol. The molecule has 86 valence electrons. The van der Waals surface area contributed by atoms with Gasteiger partial charge in [-0.05, 0) is 24.5 Å². The maximum Gasteiger partial charge on any atom is 0.216 e. The van der Waals surface area contributed by atoms with Crippen LogP contribution in [0.2, 0.25) is 0 Å². The molecule has 0 heterocycles. The Morgan fingerprint density at radius 1 is 1.50 bits per heavy atom. The summed E-state index contributed by atoms with van der Waals surface area (Å²) in [6, 6.07) is 5.96. The number of aryl methyl sites for hydroxylation is 1. The maximum atomic E-state index is 10.6. The summed E-state index contributed by atoms with van der Waals surface area (Å²) < 4.78 is 0. The number of carbonyl (C=O) groups is 1. The normalized spacial score (nSPS) is 10.6. The first-order valence-corrected chi connectivity index (χ1v) is 5.37. The molecule has 0 radical (unpaired) electrons. The standard InChI is InChI=1S/C13H18N2O/c1-10-6-5-8-12(13(10)14)7-3-4-9-15-11(2)16/h3,5-8H,4,9,14H2,1-2H3,(H,15,16). The van der Waals surface area contributed by atoms with Gasteiger partial charge in [0.25, 0.3) is 0 Å². The van der Waals surface area contributed by atoms with E-state index >= 15 is 0 Å². The second kappa shape index (κ2) is 5.95. The molecule has 0 aliphatic rings. The SMILES string of the molecule is CC(=O)NCCC=Cc1cccc(C)c1N. The van der Waals surface area contributed by atoms with Gasteiger partial charge in [-0.3, -0.25) is 4.79 Å². The molecule has 1 aromatic carbocycles. The predicted molar refractivity (Wildman–Crippen MR) is 67.9 cm³/mol. The molecule has 0 aliphatic carbocycles. The average molecular weight is 218 g/mol. The van der Waals surface area contributed by atoms with Gasteiger partial charge >= 0.3 is 0 Å². The molecule has 3 nitrogen and oxygen atoms in total. The molecule has 0 bridgehead atoms. The topological polar surface area (TPSA) is 55.1 Å². The third-order valence-electron chi connectivity index (χ3n) is 2.34. The minimum atomic E-state index is 0.00321. The van der Waals surface area contributed by atoms with Gasteiger partial charge in [0.1, 0.15) is 0 Å². The lowest BCUT2D eigenvalue weighted by Crippen LogP contribution is -2.20. The highest BCUT2D eigenvalue weighted by atomic mass is 16.1. The first-order valence-electron chi connectivity index (χ1n) is 5.37. The fourth-order valence-electron chi connectivity index (χ4n) is 1.39. The van der Waals surface area contributed by atoms with Gasteiger partial charge in [0.05, 0.1) is 0 Å².